The van der Waals surface area contributed by atoms with Crippen molar-refractivity contribution >= 4 is 10.0 Å². The zero-order valence-electron chi connectivity index (χ0n) is 14.4. The van der Waals surface area contributed by atoms with Crippen LogP contribution in [0.15, 0.2) is 42.6 Å². The van der Waals surface area contributed by atoms with Gasteiger partial charge in [-0.05, 0) is 43.2 Å². The highest BCUT2D eigenvalue weighted by Crippen LogP contribution is 2.18. The van der Waals surface area contributed by atoms with E-state index in [1.165, 1.54) is 24.3 Å². The number of rotatable bonds is 6. The third-order valence-electron chi connectivity index (χ3n) is 4.08. The fraction of sp³-hybridized carbons (Fsp3) is 0.389. The molecular weight excluding hydrogens is 359 g/mol. The second-order valence-electron chi connectivity index (χ2n) is 6.27. The first-order valence-electron chi connectivity index (χ1n) is 8.33. The summed E-state index contributed by atoms with van der Waals surface area (Å²) in [5.41, 5.74) is 1.39. The molecule has 0 unspecified atom stereocenters. The van der Waals surface area contributed by atoms with Crippen LogP contribution in [0.1, 0.15) is 17.7 Å². The van der Waals surface area contributed by atoms with Gasteiger partial charge in [0, 0.05) is 12.3 Å². The summed E-state index contributed by atoms with van der Waals surface area (Å²) in [5, 5.41) is 0. The third-order valence-corrected chi connectivity index (χ3v) is 5.45. The fourth-order valence-corrected chi connectivity index (χ4v) is 4.18. The lowest BCUT2D eigenvalue weighted by Gasteiger charge is -2.32. The van der Waals surface area contributed by atoms with Crippen LogP contribution in [0.5, 0.6) is 5.75 Å². The van der Waals surface area contributed by atoms with Crippen LogP contribution in [-0.4, -0.2) is 38.8 Å². The molecule has 3 rings (SSSR count). The number of hydrogen-bond acceptors (Lipinski definition) is 5. The Bertz CT molecular complexity index is 825. The van der Waals surface area contributed by atoms with E-state index < -0.39 is 28.0 Å². The van der Waals surface area contributed by atoms with Crippen LogP contribution in [0.3, 0.4) is 0 Å². The quantitative estimate of drug-likeness (QED) is 0.831. The number of benzene rings is 1. The van der Waals surface area contributed by atoms with Gasteiger partial charge in [-0.2, -0.15) is 0 Å². The molecule has 140 valence electrons. The minimum atomic E-state index is -3.60. The first-order chi connectivity index (χ1) is 12.4. The van der Waals surface area contributed by atoms with E-state index in [0.29, 0.717) is 24.3 Å². The number of aromatic nitrogens is 1. The standard InChI is InChI=1S/C18H21FN2O4S/c1-13-2-7-16(10-20-13)25-18-11-24-9-8-17(18)21-26(22,23)12-14-3-5-15(19)6-4-14/h2-7,10,17-18,21H,8-9,11-12H2,1H3/t17-,18+/m0/s1. The molecule has 1 fully saturated rings. The highest BCUT2D eigenvalue weighted by Gasteiger charge is 2.31. The minimum absolute atomic E-state index is 0.219. The van der Waals surface area contributed by atoms with E-state index in [1.54, 1.807) is 12.3 Å². The Balaban J connectivity index is 1.66. The van der Waals surface area contributed by atoms with Gasteiger partial charge < -0.3 is 9.47 Å². The minimum Gasteiger partial charge on any atom is -0.485 e. The fourth-order valence-electron chi connectivity index (χ4n) is 2.73. The number of hydrogen-bond donors (Lipinski definition) is 1. The maximum atomic E-state index is 13.0. The molecule has 6 nitrogen and oxygen atoms in total. The summed E-state index contributed by atoms with van der Waals surface area (Å²) in [6.07, 6.45) is 1.66. The smallest absolute Gasteiger partial charge is 0.216 e. The third kappa shape index (κ3) is 5.23. The number of nitrogens with one attached hydrogen (secondary N) is 1. The Morgan fingerprint density at radius 3 is 2.73 bits per heavy atom. The lowest BCUT2D eigenvalue weighted by Crippen LogP contribution is -2.51. The van der Waals surface area contributed by atoms with Gasteiger partial charge in [-0.1, -0.05) is 12.1 Å². The summed E-state index contributed by atoms with van der Waals surface area (Å²) in [7, 11) is -3.60. The van der Waals surface area contributed by atoms with Crippen LogP contribution in [-0.2, 0) is 20.5 Å². The summed E-state index contributed by atoms with van der Waals surface area (Å²) in [4.78, 5) is 4.17. The van der Waals surface area contributed by atoms with Gasteiger partial charge in [-0.25, -0.2) is 17.5 Å². The van der Waals surface area contributed by atoms with Crippen molar-refractivity contribution in [2.75, 3.05) is 13.2 Å². The number of sulfonamides is 1. The van der Waals surface area contributed by atoms with Crippen molar-refractivity contribution in [3.8, 4) is 5.75 Å². The van der Waals surface area contributed by atoms with Gasteiger partial charge in [0.25, 0.3) is 0 Å². The SMILES string of the molecule is Cc1ccc(O[C@@H]2COCC[C@@H]2NS(=O)(=O)Cc2ccc(F)cc2)cn1. The molecule has 26 heavy (non-hydrogen) atoms. The lowest BCUT2D eigenvalue weighted by atomic mass is 10.1. The van der Waals surface area contributed by atoms with Crippen LogP contribution in [0.2, 0.25) is 0 Å². The molecule has 2 atom stereocenters. The number of ether oxygens (including phenoxy) is 2. The predicted octanol–water partition coefficient (Wildman–Crippen LogP) is 2.19. The van der Waals surface area contributed by atoms with Crippen molar-refractivity contribution in [2.24, 2.45) is 0 Å². The average molecular weight is 380 g/mol. The van der Waals surface area contributed by atoms with Gasteiger partial charge in [-0.3, -0.25) is 4.98 Å². The van der Waals surface area contributed by atoms with E-state index in [1.807, 2.05) is 13.0 Å². The van der Waals surface area contributed by atoms with Gasteiger partial charge in [0.05, 0.1) is 24.6 Å². The molecule has 1 aliphatic heterocycles. The van der Waals surface area contributed by atoms with E-state index in [9.17, 15) is 12.8 Å². The Morgan fingerprint density at radius 2 is 2.04 bits per heavy atom. The number of nitrogens with zero attached hydrogens (tertiary/aromatic N) is 1. The Kier molecular flexibility index (Phi) is 5.85. The summed E-state index contributed by atoms with van der Waals surface area (Å²) < 4.78 is 51.9. The molecule has 0 bridgehead atoms. The molecule has 8 heteroatoms. The van der Waals surface area contributed by atoms with Gasteiger partial charge in [0.15, 0.2) is 0 Å². The summed E-state index contributed by atoms with van der Waals surface area (Å²) in [6, 6.07) is 8.63. The molecule has 1 aromatic heterocycles. The molecular formula is C18H21FN2O4S. The predicted molar refractivity (Wildman–Crippen MR) is 94.8 cm³/mol. The molecule has 1 saturated heterocycles. The summed E-state index contributed by atoms with van der Waals surface area (Å²) >= 11 is 0. The summed E-state index contributed by atoms with van der Waals surface area (Å²) in [5.74, 6) is -0.0544. The van der Waals surface area contributed by atoms with Crippen molar-refractivity contribution in [3.63, 3.8) is 0 Å². The van der Waals surface area contributed by atoms with E-state index in [0.717, 1.165) is 5.69 Å². The van der Waals surface area contributed by atoms with Crippen LogP contribution in [0, 0.1) is 12.7 Å². The van der Waals surface area contributed by atoms with Crippen molar-refractivity contribution in [1.29, 1.82) is 0 Å². The second-order valence-corrected chi connectivity index (χ2v) is 8.02. The van der Waals surface area contributed by atoms with Gasteiger partial charge in [0.1, 0.15) is 17.7 Å². The van der Waals surface area contributed by atoms with Gasteiger partial charge in [-0.15, -0.1) is 0 Å². The monoisotopic (exact) mass is 380 g/mol. The summed E-state index contributed by atoms with van der Waals surface area (Å²) in [6.45, 7) is 2.62. The largest absolute Gasteiger partial charge is 0.485 e. The van der Waals surface area contributed by atoms with Gasteiger partial charge >= 0.3 is 0 Å². The zero-order chi connectivity index (χ0) is 18.6. The number of pyridine rings is 1. The topological polar surface area (TPSA) is 77.5 Å². The maximum absolute atomic E-state index is 13.0. The van der Waals surface area contributed by atoms with E-state index in [-0.39, 0.29) is 12.4 Å². The molecule has 1 aromatic carbocycles. The Morgan fingerprint density at radius 1 is 1.27 bits per heavy atom. The molecule has 0 radical (unpaired) electrons. The highest BCUT2D eigenvalue weighted by molar-refractivity contribution is 7.88. The molecule has 0 saturated carbocycles. The first kappa shape index (κ1) is 18.8. The van der Waals surface area contributed by atoms with Gasteiger partial charge in [0.2, 0.25) is 10.0 Å². The van der Waals surface area contributed by atoms with E-state index >= 15 is 0 Å². The van der Waals surface area contributed by atoms with E-state index in [4.69, 9.17) is 9.47 Å². The lowest BCUT2D eigenvalue weighted by molar-refractivity contribution is -0.00942. The average Bonchev–Trinajstić information content (AvgIpc) is 2.60. The number of aryl methyl sites for hydroxylation is 1. The highest BCUT2D eigenvalue weighted by atomic mass is 32.2. The van der Waals surface area contributed by atoms with Crippen LogP contribution in [0.4, 0.5) is 4.39 Å². The zero-order valence-corrected chi connectivity index (χ0v) is 15.2. The van der Waals surface area contributed by atoms with Crippen molar-refractivity contribution in [2.45, 2.75) is 31.2 Å². The van der Waals surface area contributed by atoms with Crippen LogP contribution >= 0.6 is 0 Å². The van der Waals surface area contributed by atoms with E-state index in [2.05, 4.69) is 9.71 Å². The Labute approximate surface area is 152 Å². The molecule has 2 aromatic rings. The second kappa shape index (κ2) is 8.11. The normalized spacial score (nSPS) is 20.7. The first-order valence-corrected chi connectivity index (χ1v) is 9.98. The molecule has 2 heterocycles. The van der Waals surface area contributed by atoms with Crippen LogP contribution in [0.25, 0.3) is 0 Å². The van der Waals surface area contributed by atoms with Crippen molar-refractivity contribution < 1.29 is 22.3 Å². The van der Waals surface area contributed by atoms with Crippen molar-refractivity contribution in [1.82, 2.24) is 9.71 Å². The molecule has 1 N–H and O–H groups in total. The molecule has 0 aliphatic carbocycles. The van der Waals surface area contributed by atoms with Crippen molar-refractivity contribution in [3.05, 3.63) is 59.7 Å². The molecule has 1 aliphatic rings. The van der Waals surface area contributed by atoms with Crippen LogP contribution < -0.4 is 9.46 Å². The molecule has 0 spiro atoms. The molecule has 0 amide bonds. The maximum Gasteiger partial charge on any atom is 0.216 e. The Hall–Kier alpha value is -2.03. The number of halogens is 1.